The summed E-state index contributed by atoms with van der Waals surface area (Å²) in [5.74, 6) is -22.3. The summed E-state index contributed by atoms with van der Waals surface area (Å²) >= 11 is 0. The van der Waals surface area contributed by atoms with Gasteiger partial charge < -0.3 is 210 Å². The number of rotatable bonds is 35. The lowest BCUT2D eigenvalue weighted by molar-refractivity contribution is -0.423. The zero-order valence-electron chi connectivity index (χ0n) is 55.6. The third-order valence-electron chi connectivity index (χ3n) is 17.9. The van der Waals surface area contributed by atoms with Crippen molar-refractivity contribution in [2.45, 2.75) is 254 Å². The van der Waals surface area contributed by atoms with Gasteiger partial charge in [0.2, 0.25) is 47.4 Å². The molecule has 34 atom stereocenters. The quantitative estimate of drug-likeness (QED) is 0.0262. The first-order valence-electron chi connectivity index (χ1n) is 32.1. The van der Waals surface area contributed by atoms with Crippen molar-refractivity contribution in [3.63, 3.8) is 0 Å². The molecule has 0 spiro atoms. The van der Waals surface area contributed by atoms with Gasteiger partial charge in [0.1, 0.15) is 146 Å². The third kappa shape index (κ3) is 19.9. The summed E-state index contributed by atoms with van der Waals surface area (Å²) in [6.45, 7) is -6.10. The highest BCUT2D eigenvalue weighted by Gasteiger charge is 2.62. The molecule has 0 unspecified atom stereocenters. The molecule has 6 aliphatic heterocycles. The van der Waals surface area contributed by atoms with Crippen molar-refractivity contribution >= 4 is 47.9 Å². The predicted molar refractivity (Wildman–Crippen MR) is 313 cm³/mol. The molecule has 6 rings (SSSR count). The Morgan fingerprint density at radius 3 is 1.36 bits per heavy atom. The second-order valence-corrected chi connectivity index (χ2v) is 25.4. The summed E-state index contributed by atoms with van der Waals surface area (Å²) in [5.41, 5.74) is 0. The molecule has 5 amide bonds. The zero-order valence-corrected chi connectivity index (χ0v) is 55.6. The Balaban J connectivity index is 1.46. The first-order chi connectivity index (χ1) is 48.8. The predicted octanol–water partition coefficient (Wildman–Crippen LogP) is -20.8. The first-order valence-corrected chi connectivity index (χ1v) is 32.1. The first kappa shape index (κ1) is 87.4. The molecule has 6 heterocycles. The van der Waals surface area contributed by atoms with Gasteiger partial charge in [0.05, 0.1) is 95.3 Å². The van der Waals surface area contributed by atoms with Crippen LogP contribution in [-0.4, -0.2) is 405 Å². The number of carboxylic acid groups (broad SMARTS) is 3. The van der Waals surface area contributed by atoms with Gasteiger partial charge in [0, 0.05) is 47.0 Å². The molecule has 6 aliphatic rings. The Hall–Kier alpha value is -5.48. The van der Waals surface area contributed by atoms with Crippen molar-refractivity contribution in [2.24, 2.45) is 0 Å². The molecular formula is C57H90N5O42-3. The van der Waals surface area contributed by atoms with Crippen LogP contribution in [0.2, 0.25) is 0 Å². The zero-order chi connectivity index (χ0) is 77.9. The van der Waals surface area contributed by atoms with Crippen LogP contribution in [0.4, 0.5) is 0 Å². The minimum absolute atomic E-state index is 0.180. The highest BCUT2D eigenvalue weighted by atomic mass is 16.8. The Morgan fingerprint density at radius 2 is 0.904 bits per heavy atom. The topological polar surface area (TPSA) is 761 Å². The Labute approximate surface area is 587 Å². The minimum Gasteiger partial charge on any atom is -0.544 e. The van der Waals surface area contributed by atoms with E-state index in [1.54, 1.807) is 0 Å². The van der Waals surface area contributed by atoms with E-state index in [1.165, 1.54) is 0 Å². The maximum Gasteiger partial charge on any atom is 0.217 e. The van der Waals surface area contributed by atoms with Crippen LogP contribution in [0, 0.1) is 0 Å². The lowest BCUT2D eigenvalue weighted by Gasteiger charge is -2.54. The lowest BCUT2D eigenvalue weighted by Crippen LogP contribution is -2.74. The van der Waals surface area contributed by atoms with Gasteiger partial charge in [0.15, 0.2) is 18.9 Å². The fourth-order valence-corrected chi connectivity index (χ4v) is 12.7. The molecule has 47 nitrogen and oxygen atoms in total. The van der Waals surface area contributed by atoms with Crippen LogP contribution >= 0.6 is 0 Å². The van der Waals surface area contributed by atoms with Gasteiger partial charge in [-0.25, -0.2) is 0 Å². The number of aliphatic carboxylic acids is 3. The molecule has 24 N–H and O–H groups in total. The molecule has 0 aromatic heterocycles. The van der Waals surface area contributed by atoms with E-state index in [-0.39, 0.29) is 6.41 Å². The van der Waals surface area contributed by atoms with Gasteiger partial charge in [-0.2, -0.15) is 0 Å². The molecule has 47 heteroatoms. The van der Waals surface area contributed by atoms with E-state index in [2.05, 4.69) is 26.6 Å². The van der Waals surface area contributed by atoms with Crippen LogP contribution in [-0.2, 0) is 95.2 Å². The van der Waals surface area contributed by atoms with Crippen molar-refractivity contribution in [1.29, 1.82) is 0 Å². The van der Waals surface area contributed by atoms with Crippen molar-refractivity contribution in [2.75, 3.05) is 52.9 Å². The number of nitrogens with one attached hydrogen (secondary N) is 5. The standard InChI is InChI=1S/C57H93N5O42/c1-17(70)59-31-22(74)5-55(52(87)88,101-45(31)35(79)25(77)9-64)94-15-30-37(81)39(83)34(62-20(4)73)49(97-30)99-44-29(13-68)96-51(98-43-28(12-67)95-50(41(85)40(43)84)93-14-21(8-63)58-16-69)42(86)48(44)104-57(54(91)92)7-24(76)33(61-19(3)72)47(103-57)38(82)27(11-66)100-56(53(89)90)6-23(75)32(60-18(2)71)46(102-56)36(80)26(78)10-65/h16,21-51,63-68,74-86H,5-15H2,1-4H3,(H,58,69)(H,59,70)(H,60,71)(H,61,72)(H,62,73)(H,87,88)(H,89,90)(H,91,92)/p-3/t21-,22+,23+,24+,25-,26-,27-,28-,29-,30-,31-,32-,33-,34-,35-,36-,37+,38-,39-,40-,41-,42-,43-,44+,45-,46-,47-,48-,49+,50-,51+,55-,56-,57+/m1/s1. The molecule has 598 valence electrons. The number of carbonyl (C=O) groups is 8. The number of carbonyl (C=O) groups excluding carboxylic acids is 8. The van der Waals surface area contributed by atoms with Crippen LogP contribution in [0.15, 0.2) is 0 Å². The summed E-state index contributed by atoms with van der Waals surface area (Å²) in [5, 5.41) is 261. The molecule has 6 fully saturated rings. The number of carboxylic acids is 3. The van der Waals surface area contributed by atoms with E-state index in [0.717, 1.165) is 27.7 Å². The molecule has 0 radical (unpaired) electrons. The van der Waals surface area contributed by atoms with Gasteiger partial charge >= 0.3 is 0 Å². The fourth-order valence-electron chi connectivity index (χ4n) is 12.7. The molecule has 0 aromatic carbocycles. The van der Waals surface area contributed by atoms with E-state index in [1.807, 2.05) is 0 Å². The van der Waals surface area contributed by atoms with E-state index in [9.17, 15) is 151 Å². The molecule has 6 saturated heterocycles. The van der Waals surface area contributed by atoms with Crippen LogP contribution < -0.4 is 41.9 Å². The Bertz CT molecular complexity index is 2860. The third-order valence-corrected chi connectivity index (χ3v) is 17.9. The number of amides is 5. The van der Waals surface area contributed by atoms with Crippen LogP contribution in [0.3, 0.4) is 0 Å². The number of hydrogen-bond donors (Lipinski definition) is 24. The minimum atomic E-state index is -3.87. The second kappa shape index (κ2) is 37.6. The van der Waals surface area contributed by atoms with Crippen molar-refractivity contribution in [3.05, 3.63) is 0 Å². The lowest BCUT2D eigenvalue weighted by atomic mass is 9.87. The SMILES string of the molecule is CC(=O)N[C@H]1[C@H](O[C@@H]2[C@H](O[C@]3(C(=O)[O-])C[C@H](O)[C@@H](NC(C)=O)[C@H]([C@H](O)[C@@H](CO)O[C@]4(C(=O)[O-])C[C@H](O)[C@@H](NC(C)=O)[C@H]([C@H](O)[C@H](O)CO)O4)O3)[C@@H](O)[C@H](O[C@H]3[C@H](O)[C@@H](O)[C@H](OC[C@@H](CO)NC=O)O[C@@H]3CO)O[C@@H]2CO)O[C@H](CO[C@]2(C(=O)[O-])C[C@H](O)[C@@H](NC(C)=O)[C@H]([C@H](O)[C@H](O)CO)O2)[C@H](O)[C@@H]1O. The average molecular weight is 1520 g/mol. The van der Waals surface area contributed by atoms with Gasteiger partial charge in [-0.3, -0.25) is 24.0 Å². The summed E-state index contributed by atoms with van der Waals surface area (Å²) in [6, 6.07) is -9.11. The molecule has 0 aromatic rings. The summed E-state index contributed by atoms with van der Waals surface area (Å²) in [4.78, 5) is 102. The molecular weight excluding hydrogens is 1430 g/mol. The van der Waals surface area contributed by atoms with Crippen molar-refractivity contribution in [1.82, 2.24) is 26.6 Å². The van der Waals surface area contributed by atoms with Crippen LogP contribution in [0.25, 0.3) is 0 Å². The number of ether oxygens (including phenoxy) is 12. The second-order valence-electron chi connectivity index (χ2n) is 25.4. The van der Waals surface area contributed by atoms with Gasteiger partial charge in [0.25, 0.3) is 0 Å². The fraction of sp³-hybridized carbons (Fsp3) is 0.860. The number of aliphatic hydroxyl groups excluding tert-OH is 19. The number of aliphatic hydroxyl groups is 19. The smallest absolute Gasteiger partial charge is 0.217 e. The highest BCUT2D eigenvalue weighted by molar-refractivity contribution is 5.77. The van der Waals surface area contributed by atoms with Crippen molar-refractivity contribution in [3.8, 4) is 0 Å². The summed E-state index contributed by atoms with van der Waals surface area (Å²) in [6.07, 6.45) is -65.9. The largest absolute Gasteiger partial charge is 0.544 e. The maximum absolute atomic E-state index is 14.1. The van der Waals surface area contributed by atoms with E-state index < -0.39 is 320 Å². The summed E-state index contributed by atoms with van der Waals surface area (Å²) in [7, 11) is 0. The van der Waals surface area contributed by atoms with Crippen molar-refractivity contribution < 1.29 is 208 Å². The van der Waals surface area contributed by atoms with Gasteiger partial charge in [-0.1, -0.05) is 0 Å². The monoisotopic (exact) mass is 1520 g/mol. The summed E-state index contributed by atoms with van der Waals surface area (Å²) < 4.78 is 69.3. The highest BCUT2D eigenvalue weighted by Crippen LogP contribution is 2.43. The van der Waals surface area contributed by atoms with E-state index in [4.69, 9.17) is 56.8 Å². The normalized spacial score (nSPS) is 40.3. The molecule has 0 aliphatic carbocycles. The molecule has 104 heavy (non-hydrogen) atoms. The Kier molecular flexibility index (Phi) is 31.6. The van der Waals surface area contributed by atoms with E-state index >= 15 is 0 Å². The van der Waals surface area contributed by atoms with E-state index in [0.29, 0.717) is 0 Å². The van der Waals surface area contributed by atoms with Gasteiger partial charge in [-0.05, 0) is 0 Å². The molecule has 0 bridgehead atoms. The van der Waals surface area contributed by atoms with Gasteiger partial charge in [-0.15, -0.1) is 0 Å². The maximum atomic E-state index is 14.1. The Morgan fingerprint density at radius 1 is 0.481 bits per heavy atom. The van der Waals surface area contributed by atoms with Crippen LogP contribution in [0.1, 0.15) is 47.0 Å². The van der Waals surface area contributed by atoms with Crippen LogP contribution in [0.5, 0.6) is 0 Å². The average Bonchev–Trinajstić information content (AvgIpc) is 0.624. The molecule has 0 saturated carbocycles. The number of hydrogen-bond acceptors (Lipinski definition) is 42.